The Morgan fingerprint density at radius 1 is 1.14 bits per heavy atom. The molecule has 74 valence electrons. The first-order chi connectivity index (χ1) is 6.83. The summed E-state index contributed by atoms with van der Waals surface area (Å²) >= 11 is 0. The van der Waals surface area contributed by atoms with Gasteiger partial charge in [0.05, 0.1) is 6.10 Å². The molecular weight excluding hydrogens is 180 g/mol. The molecule has 14 heavy (non-hydrogen) atoms. The molecule has 0 radical (unpaired) electrons. The molecule has 0 saturated carbocycles. The molecule has 2 aliphatic rings. The van der Waals surface area contributed by atoms with E-state index < -0.39 is 0 Å². The van der Waals surface area contributed by atoms with E-state index in [9.17, 15) is 5.11 Å². The van der Waals surface area contributed by atoms with Crippen LogP contribution in [0.25, 0.3) is 0 Å². The maximum atomic E-state index is 9.53. The van der Waals surface area contributed by atoms with Crippen molar-refractivity contribution >= 4 is 0 Å². The van der Waals surface area contributed by atoms with Crippen molar-refractivity contribution in [2.45, 2.75) is 25.4 Å². The molecule has 0 fully saturated rings. The lowest BCUT2D eigenvalue weighted by atomic mass is 9.89. The van der Waals surface area contributed by atoms with E-state index in [4.69, 9.17) is 9.47 Å². The molecule has 3 heteroatoms. The molecule has 0 spiro atoms. The van der Waals surface area contributed by atoms with Gasteiger partial charge in [-0.25, -0.2) is 0 Å². The van der Waals surface area contributed by atoms with Gasteiger partial charge in [0.15, 0.2) is 11.5 Å². The smallest absolute Gasteiger partial charge is 0.231 e. The standard InChI is InChI=1S/C11H12O3/c12-9-2-1-7-4-10-11(14-6-13-10)5-8(7)3-9/h4-5,9,12H,1-3,6H2. The van der Waals surface area contributed by atoms with Gasteiger partial charge >= 0.3 is 0 Å². The maximum Gasteiger partial charge on any atom is 0.231 e. The fourth-order valence-electron chi connectivity index (χ4n) is 2.13. The fourth-order valence-corrected chi connectivity index (χ4v) is 2.13. The van der Waals surface area contributed by atoms with Crippen molar-refractivity contribution in [3.05, 3.63) is 23.3 Å². The molecular formula is C11H12O3. The van der Waals surface area contributed by atoms with Crippen molar-refractivity contribution in [1.29, 1.82) is 0 Å². The normalized spacial score (nSPS) is 23.4. The third-order valence-corrected chi connectivity index (χ3v) is 2.90. The third kappa shape index (κ3) is 1.16. The molecule has 1 aliphatic carbocycles. The molecule has 1 aromatic rings. The van der Waals surface area contributed by atoms with Gasteiger partial charge in [0.25, 0.3) is 0 Å². The number of aliphatic hydroxyl groups is 1. The maximum absolute atomic E-state index is 9.53. The number of fused-ring (bicyclic) bond motifs is 2. The molecule has 1 atom stereocenters. The number of aliphatic hydroxyl groups excluding tert-OH is 1. The van der Waals surface area contributed by atoms with Crippen LogP contribution in [0.1, 0.15) is 17.5 Å². The van der Waals surface area contributed by atoms with Crippen molar-refractivity contribution in [3.63, 3.8) is 0 Å². The van der Waals surface area contributed by atoms with E-state index >= 15 is 0 Å². The third-order valence-electron chi connectivity index (χ3n) is 2.90. The minimum absolute atomic E-state index is 0.192. The first-order valence-electron chi connectivity index (χ1n) is 4.92. The van der Waals surface area contributed by atoms with Gasteiger partial charge in [-0.1, -0.05) is 0 Å². The predicted molar refractivity (Wildman–Crippen MR) is 50.6 cm³/mol. The van der Waals surface area contributed by atoms with Crippen molar-refractivity contribution in [2.75, 3.05) is 6.79 Å². The van der Waals surface area contributed by atoms with Gasteiger partial charge < -0.3 is 14.6 Å². The van der Waals surface area contributed by atoms with Crippen LogP contribution in [0.3, 0.4) is 0 Å². The van der Waals surface area contributed by atoms with Crippen molar-refractivity contribution < 1.29 is 14.6 Å². The zero-order valence-electron chi connectivity index (χ0n) is 7.82. The van der Waals surface area contributed by atoms with Gasteiger partial charge in [-0.3, -0.25) is 0 Å². The summed E-state index contributed by atoms with van der Waals surface area (Å²) in [5.41, 5.74) is 2.49. The number of aryl methyl sites for hydroxylation is 1. The minimum atomic E-state index is -0.192. The Morgan fingerprint density at radius 3 is 2.64 bits per heavy atom. The highest BCUT2D eigenvalue weighted by atomic mass is 16.7. The van der Waals surface area contributed by atoms with Crippen LogP contribution in [0.4, 0.5) is 0 Å². The van der Waals surface area contributed by atoms with Crippen LogP contribution in [0, 0.1) is 0 Å². The summed E-state index contributed by atoms with van der Waals surface area (Å²) in [7, 11) is 0. The van der Waals surface area contributed by atoms with E-state index in [1.165, 1.54) is 11.1 Å². The molecule has 1 unspecified atom stereocenters. The van der Waals surface area contributed by atoms with Gasteiger partial charge in [0.1, 0.15) is 0 Å². The van der Waals surface area contributed by atoms with E-state index in [0.29, 0.717) is 6.79 Å². The lowest BCUT2D eigenvalue weighted by Gasteiger charge is -2.20. The summed E-state index contributed by atoms with van der Waals surface area (Å²) in [6, 6.07) is 4.05. The van der Waals surface area contributed by atoms with E-state index in [1.54, 1.807) is 0 Å². The Kier molecular flexibility index (Phi) is 1.67. The van der Waals surface area contributed by atoms with E-state index in [1.807, 2.05) is 12.1 Å². The highest BCUT2D eigenvalue weighted by Crippen LogP contribution is 2.37. The molecule has 3 rings (SSSR count). The van der Waals surface area contributed by atoms with Crippen LogP contribution < -0.4 is 9.47 Å². The number of benzene rings is 1. The van der Waals surface area contributed by atoms with Crippen molar-refractivity contribution in [2.24, 2.45) is 0 Å². The second kappa shape index (κ2) is 2.89. The van der Waals surface area contributed by atoms with E-state index in [0.717, 1.165) is 30.8 Å². The topological polar surface area (TPSA) is 38.7 Å². The zero-order valence-corrected chi connectivity index (χ0v) is 7.82. The highest BCUT2D eigenvalue weighted by Gasteiger charge is 2.22. The van der Waals surface area contributed by atoms with Gasteiger partial charge in [-0.15, -0.1) is 0 Å². The molecule has 1 N–H and O–H groups in total. The Balaban J connectivity index is 2.06. The predicted octanol–water partition coefficient (Wildman–Crippen LogP) is 1.26. The van der Waals surface area contributed by atoms with Crippen LogP contribution in [0.2, 0.25) is 0 Å². The Bertz CT molecular complexity index is 373. The Labute approximate surface area is 82.3 Å². The van der Waals surface area contributed by atoms with Gasteiger partial charge in [-0.05, 0) is 42.5 Å². The summed E-state index contributed by atoms with van der Waals surface area (Å²) in [6.45, 7) is 0.320. The number of hydrogen-bond acceptors (Lipinski definition) is 3. The molecule has 0 saturated heterocycles. The second-order valence-corrected chi connectivity index (χ2v) is 3.87. The van der Waals surface area contributed by atoms with Crippen LogP contribution in [0.5, 0.6) is 11.5 Å². The number of rotatable bonds is 0. The molecule has 3 nitrogen and oxygen atoms in total. The molecule has 1 aliphatic heterocycles. The van der Waals surface area contributed by atoms with E-state index in [2.05, 4.69) is 0 Å². The average Bonchev–Trinajstić information content (AvgIpc) is 2.61. The first kappa shape index (κ1) is 8.12. The molecule has 0 aromatic heterocycles. The molecule has 0 amide bonds. The second-order valence-electron chi connectivity index (χ2n) is 3.87. The first-order valence-corrected chi connectivity index (χ1v) is 4.92. The number of hydrogen-bond donors (Lipinski definition) is 1. The van der Waals surface area contributed by atoms with Crippen LogP contribution in [0.15, 0.2) is 12.1 Å². The largest absolute Gasteiger partial charge is 0.454 e. The van der Waals surface area contributed by atoms with Crippen molar-refractivity contribution in [1.82, 2.24) is 0 Å². The molecule has 0 bridgehead atoms. The highest BCUT2D eigenvalue weighted by molar-refractivity contribution is 5.49. The quantitative estimate of drug-likeness (QED) is 0.672. The summed E-state index contributed by atoms with van der Waals surface area (Å²) in [5.74, 6) is 1.66. The monoisotopic (exact) mass is 192 g/mol. The Hall–Kier alpha value is -1.22. The van der Waals surface area contributed by atoms with Crippen LogP contribution in [-0.4, -0.2) is 18.0 Å². The van der Waals surface area contributed by atoms with Gasteiger partial charge in [0, 0.05) is 0 Å². The average molecular weight is 192 g/mol. The van der Waals surface area contributed by atoms with E-state index in [-0.39, 0.29) is 6.10 Å². The lowest BCUT2D eigenvalue weighted by Crippen LogP contribution is -2.18. The lowest BCUT2D eigenvalue weighted by molar-refractivity contribution is 0.158. The minimum Gasteiger partial charge on any atom is -0.454 e. The summed E-state index contributed by atoms with van der Waals surface area (Å²) < 4.78 is 10.6. The van der Waals surface area contributed by atoms with Gasteiger partial charge in [0.2, 0.25) is 6.79 Å². The molecule has 1 aromatic carbocycles. The summed E-state index contributed by atoms with van der Waals surface area (Å²) in [5, 5.41) is 9.53. The Morgan fingerprint density at radius 2 is 1.86 bits per heavy atom. The molecule has 1 heterocycles. The number of ether oxygens (including phenoxy) is 2. The fraction of sp³-hybridized carbons (Fsp3) is 0.455. The van der Waals surface area contributed by atoms with Crippen LogP contribution >= 0.6 is 0 Å². The SMILES string of the molecule is OC1CCc2cc3c(cc2C1)OCO3. The zero-order chi connectivity index (χ0) is 9.54. The summed E-state index contributed by atoms with van der Waals surface area (Å²) in [6.07, 6.45) is 2.34. The van der Waals surface area contributed by atoms with Crippen molar-refractivity contribution in [3.8, 4) is 11.5 Å². The summed E-state index contributed by atoms with van der Waals surface area (Å²) in [4.78, 5) is 0. The van der Waals surface area contributed by atoms with Crippen LogP contribution in [-0.2, 0) is 12.8 Å². The van der Waals surface area contributed by atoms with Gasteiger partial charge in [-0.2, -0.15) is 0 Å².